The Kier molecular flexibility index (Phi) is 10.7. The number of hydrogen-bond acceptors (Lipinski definition) is 3. The van der Waals surface area contributed by atoms with Crippen molar-refractivity contribution < 1.29 is 13.9 Å². The van der Waals surface area contributed by atoms with Crippen LogP contribution in [0.3, 0.4) is 0 Å². The number of rotatable bonds is 8. The van der Waals surface area contributed by atoms with E-state index in [1.807, 2.05) is 25.1 Å². The molecular formula is C20H27FIN3O2. The zero-order chi connectivity index (χ0) is 18.8. The van der Waals surface area contributed by atoms with E-state index in [1.54, 1.807) is 32.4 Å². The SMILES string of the molecule is CN=C(NCc1cccc(COC)c1)NCC(C)Oc1ccccc1F.I. The Bertz CT molecular complexity index is 728. The van der Waals surface area contributed by atoms with Gasteiger partial charge >= 0.3 is 0 Å². The summed E-state index contributed by atoms with van der Waals surface area (Å²) in [4.78, 5) is 4.20. The first-order valence-electron chi connectivity index (χ1n) is 8.55. The fourth-order valence-corrected chi connectivity index (χ4v) is 2.44. The van der Waals surface area contributed by atoms with Gasteiger partial charge < -0.3 is 20.1 Å². The lowest BCUT2D eigenvalue weighted by atomic mass is 10.1. The third-order valence-electron chi connectivity index (χ3n) is 3.71. The van der Waals surface area contributed by atoms with Crippen molar-refractivity contribution in [1.82, 2.24) is 10.6 Å². The van der Waals surface area contributed by atoms with E-state index in [0.717, 1.165) is 11.1 Å². The Labute approximate surface area is 177 Å². The second kappa shape index (κ2) is 12.5. The highest BCUT2D eigenvalue weighted by atomic mass is 127. The lowest BCUT2D eigenvalue weighted by molar-refractivity contribution is 0.185. The smallest absolute Gasteiger partial charge is 0.191 e. The van der Waals surface area contributed by atoms with Crippen molar-refractivity contribution in [2.45, 2.75) is 26.2 Å². The summed E-state index contributed by atoms with van der Waals surface area (Å²) in [5.41, 5.74) is 2.26. The van der Waals surface area contributed by atoms with Crippen LogP contribution < -0.4 is 15.4 Å². The van der Waals surface area contributed by atoms with E-state index in [4.69, 9.17) is 9.47 Å². The molecule has 0 heterocycles. The Morgan fingerprint density at radius 3 is 2.56 bits per heavy atom. The van der Waals surface area contributed by atoms with Gasteiger partial charge in [-0.25, -0.2) is 4.39 Å². The standard InChI is InChI=1S/C20H26FN3O2.HI/c1-15(26-19-10-5-4-9-18(19)21)12-23-20(22-2)24-13-16-7-6-8-17(11-16)14-25-3;/h4-11,15H,12-14H2,1-3H3,(H2,22,23,24);1H. The van der Waals surface area contributed by atoms with E-state index in [1.165, 1.54) is 6.07 Å². The lowest BCUT2D eigenvalue weighted by Gasteiger charge is -2.18. The predicted molar refractivity (Wildman–Crippen MR) is 117 cm³/mol. The van der Waals surface area contributed by atoms with Gasteiger partial charge in [-0.3, -0.25) is 4.99 Å². The van der Waals surface area contributed by atoms with Gasteiger partial charge in [0, 0.05) is 20.7 Å². The van der Waals surface area contributed by atoms with Crippen LogP contribution in [0.5, 0.6) is 5.75 Å². The first-order valence-corrected chi connectivity index (χ1v) is 8.55. The molecule has 0 aromatic heterocycles. The molecule has 148 valence electrons. The van der Waals surface area contributed by atoms with Crippen molar-refractivity contribution in [2.75, 3.05) is 20.7 Å². The molecule has 1 unspecified atom stereocenters. The molecule has 0 fully saturated rings. The number of ether oxygens (including phenoxy) is 2. The highest BCUT2D eigenvalue weighted by Gasteiger charge is 2.09. The number of halogens is 2. The fourth-order valence-electron chi connectivity index (χ4n) is 2.44. The van der Waals surface area contributed by atoms with Crippen molar-refractivity contribution in [3.8, 4) is 5.75 Å². The molecule has 2 aromatic rings. The zero-order valence-corrected chi connectivity index (χ0v) is 18.2. The Morgan fingerprint density at radius 1 is 1.11 bits per heavy atom. The van der Waals surface area contributed by atoms with Crippen LogP contribution in [-0.2, 0) is 17.9 Å². The van der Waals surface area contributed by atoms with Gasteiger partial charge in [-0.15, -0.1) is 24.0 Å². The van der Waals surface area contributed by atoms with Crippen molar-refractivity contribution >= 4 is 29.9 Å². The minimum absolute atomic E-state index is 0. The number of nitrogens with zero attached hydrogens (tertiary/aromatic N) is 1. The van der Waals surface area contributed by atoms with Gasteiger partial charge in [-0.2, -0.15) is 0 Å². The third-order valence-corrected chi connectivity index (χ3v) is 3.71. The molecule has 0 spiro atoms. The maximum absolute atomic E-state index is 13.6. The molecule has 1 atom stereocenters. The molecule has 0 amide bonds. The molecule has 2 N–H and O–H groups in total. The van der Waals surface area contributed by atoms with Crippen LogP contribution in [0.4, 0.5) is 4.39 Å². The maximum atomic E-state index is 13.6. The van der Waals surface area contributed by atoms with Crippen molar-refractivity contribution in [3.05, 3.63) is 65.5 Å². The van der Waals surface area contributed by atoms with Crippen LogP contribution in [0.15, 0.2) is 53.5 Å². The van der Waals surface area contributed by atoms with E-state index in [2.05, 4.69) is 21.7 Å². The van der Waals surface area contributed by atoms with Gasteiger partial charge in [0.1, 0.15) is 6.10 Å². The highest BCUT2D eigenvalue weighted by molar-refractivity contribution is 14.0. The van der Waals surface area contributed by atoms with Gasteiger partial charge in [-0.05, 0) is 30.2 Å². The second-order valence-corrected chi connectivity index (χ2v) is 5.92. The number of guanidine groups is 1. The molecule has 0 aliphatic heterocycles. The largest absolute Gasteiger partial charge is 0.486 e. The van der Waals surface area contributed by atoms with E-state index in [9.17, 15) is 4.39 Å². The minimum atomic E-state index is -0.363. The number of nitrogens with one attached hydrogen (secondary N) is 2. The molecule has 2 rings (SSSR count). The van der Waals surface area contributed by atoms with E-state index < -0.39 is 0 Å². The van der Waals surface area contributed by atoms with Crippen LogP contribution in [-0.4, -0.2) is 32.8 Å². The first-order chi connectivity index (χ1) is 12.6. The molecule has 0 radical (unpaired) electrons. The van der Waals surface area contributed by atoms with E-state index in [0.29, 0.717) is 25.7 Å². The molecule has 27 heavy (non-hydrogen) atoms. The lowest BCUT2D eigenvalue weighted by Crippen LogP contribution is -2.41. The monoisotopic (exact) mass is 487 g/mol. The van der Waals surface area contributed by atoms with Crippen LogP contribution in [0.25, 0.3) is 0 Å². The van der Waals surface area contributed by atoms with Gasteiger partial charge in [0.2, 0.25) is 0 Å². The minimum Gasteiger partial charge on any atom is -0.486 e. The highest BCUT2D eigenvalue weighted by Crippen LogP contribution is 2.16. The van der Waals surface area contributed by atoms with Crippen molar-refractivity contribution in [1.29, 1.82) is 0 Å². The summed E-state index contributed by atoms with van der Waals surface area (Å²) < 4.78 is 24.4. The molecule has 0 aliphatic carbocycles. The van der Waals surface area contributed by atoms with E-state index >= 15 is 0 Å². The summed E-state index contributed by atoms with van der Waals surface area (Å²) in [7, 11) is 3.39. The van der Waals surface area contributed by atoms with Gasteiger partial charge in [0.15, 0.2) is 17.5 Å². The van der Waals surface area contributed by atoms with Gasteiger partial charge in [0.25, 0.3) is 0 Å². The Hall–Kier alpha value is -1.87. The number of methoxy groups -OCH3 is 1. The van der Waals surface area contributed by atoms with Crippen LogP contribution in [0.1, 0.15) is 18.1 Å². The molecule has 5 nitrogen and oxygen atoms in total. The molecule has 0 bridgehead atoms. The predicted octanol–water partition coefficient (Wildman–Crippen LogP) is 3.72. The summed E-state index contributed by atoms with van der Waals surface area (Å²) >= 11 is 0. The first kappa shape index (κ1) is 23.2. The summed E-state index contributed by atoms with van der Waals surface area (Å²) in [5.74, 6) is 0.545. The average Bonchev–Trinajstić information content (AvgIpc) is 2.64. The zero-order valence-electron chi connectivity index (χ0n) is 15.9. The Morgan fingerprint density at radius 2 is 1.85 bits per heavy atom. The van der Waals surface area contributed by atoms with Crippen LogP contribution in [0, 0.1) is 5.82 Å². The average molecular weight is 487 g/mol. The molecule has 7 heteroatoms. The second-order valence-electron chi connectivity index (χ2n) is 5.92. The quantitative estimate of drug-likeness (QED) is 0.339. The number of aliphatic imine (C=N–C) groups is 1. The van der Waals surface area contributed by atoms with Gasteiger partial charge in [-0.1, -0.05) is 36.4 Å². The molecular weight excluding hydrogens is 460 g/mol. The number of benzene rings is 2. The van der Waals surface area contributed by atoms with Crippen LogP contribution in [0.2, 0.25) is 0 Å². The van der Waals surface area contributed by atoms with E-state index in [-0.39, 0.29) is 41.6 Å². The summed E-state index contributed by atoms with van der Waals surface area (Å²) in [6.45, 7) is 3.60. The molecule has 2 aromatic carbocycles. The molecule has 0 saturated carbocycles. The number of para-hydroxylation sites is 1. The molecule has 0 saturated heterocycles. The maximum Gasteiger partial charge on any atom is 0.191 e. The Balaban J connectivity index is 0.00000364. The summed E-state index contributed by atoms with van der Waals surface area (Å²) in [6, 6.07) is 14.6. The van der Waals surface area contributed by atoms with Crippen molar-refractivity contribution in [2.24, 2.45) is 4.99 Å². The van der Waals surface area contributed by atoms with Gasteiger partial charge in [0.05, 0.1) is 13.2 Å². The summed E-state index contributed by atoms with van der Waals surface area (Å²) in [6.07, 6.45) is -0.213. The summed E-state index contributed by atoms with van der Waals surface area (Å²) in [5, 5.41) is 6.44. The number of hydrogen-bond donors (Lipinski definition) is 2. The van der Waals surface area contributed by atoms with Crippen LogP contribution >= 0.6 is 24.0 Å². The van der Waals surface area contributed by atoms with Crippen molar-refractivity contribution in [3.63, 3.8) is 0 Å². The molecule has 0 aliphatic rings. The fraction of sp³-hybridized carbons (Fsp3) is 0.350. The third kappa shape index (κ3) is 8.13. The normalized spacial score (nSPS) is 12.1. The topological polar surface area (TPSA) is 54.9 Å².